The van der Waals surface area contributed by atoms with E-state index in [1.807, 2.05) is 0 Å². The third-order valence-corrected chi connectivity index (χ3v) is 5.67. The Bertz CT molecular complexity index is 719. The minimum absolute atomic E-state index is 0. The first-order valence-electron chi connectivity index (χ1n) is 7.87. The Balaban J connectivity index is 0.00000338. The van der Waals surface area contributed by atoms with Crippen molar-refractivity contribution in [3.05, 3.63) is 23.8 Å². The van der Waals surface area contributed by atoms with Gasteiger partial charge in [-0.2, -0.15) is 0 Å². The minimum Gasteiger partial charge on any atom is -0.495 e. The van der Waals surface area contributed by atoms with Gasteiger partial charge in [0.1, 0.15) is 10.6 Å². The van der Waals surface area contributed by atoms with Crippen LogP contribution in [-0.4, -0.2) is 61.0 Å². The van der Waals surface area contributed by atoms with Gasteiger partial charge in [-0.05, 0) is 37.6 Å². The summed E-state index contributed by atoms with van der Waals surface area (Å²) < 4.78 is 43.0. The van der Waals surface area contributed by atoms with Crippen LogP contribution in [0.4, 0.5) is 0 Å². The van der Waals surface area contributed by atoms with Gasteiger partial charge in [0.05, 0.1) is 31.9 Å². The van der Waals surface area contributed by atoms with Gasteiger partial charge in [0.25, 0.3) is 0 Å². The number of rotatable bonds is 8. The Morgan fingerprint density at radius 2 is 2.04 bits per heavy atom. The summed E-state index contributed by atoms with van der Waals surface area (Å²) in [7, 11) is 0.372. The Labute approximate surface area is 160 Å². The lowest BCUT2D eigenvalue weighted by molar-refractivity contribution is 0.0600. The van der Waals surface area contributed by atoms with Crippen molar-refractivity contribution in [1.29, 1.82) is 0 Å². The predicted molar refractivity (Wildman–Crippen MR) is 98.6 cm³/mol. The largest absolute Gasteiger partial charge is 0.495 e. The highest BCUT2D eigenvalue weighted by atomic mass is 35.5. The summed E-state index contributed by atoms with van der Waals surface area (Å²) in [6.07, 6.45) is 1.78. The van der Waals surface area contributed by atoms with Gasteiger partial charge in [0.2, 0.25) is 10.0 Å². The second-order valence-corrected chi connectivity index (χ2v) is 7.66. The molecule has 0 aromatic heterocycles. The van der Waals surface area contributed by atoms with Crippen LogP contribution in [0.2, 0.25) is 0 Å². The average Bonchev–Trinajstić information content (AvgIpc) is 3.08. The molecule has 26 heavy (non-hydrogen) atoms. The van der Waals surface area contributed by atoms with Crippen LogP contribution in [-0.2, 0) is 19.5 Å². The van der Waals surface area contributed by atoms with Crippen molar-refractivity contribution in [1.82, 2.24) is 10.0 Å². The van der Waals surface area contributed by atoms with Gasteiger partial charge in [0, 0.05) is 13.7 Å². The molecule has 0 aliphatic carbocycles. The van der Waals surface area contributed by atoms with E-state index in [4.69, 9.17) is 9.47 Å². The highest BCUT2D eigenvalue weighted by Crippen LogP contribution is 2.26. The molecule has 1 saturated heterocycles. The van der Waals surface area contributed by atoms with Gasteiger partial charge in [-0.25, -0.2) is 17.9 Å². The van der Waals surface area contributed by atoms with Gasteiger partial charge in [0.15, 0.2) is 0 Å². The zero-order chi connectivity index (χ0) is 18.5. The van der Waals surface area contributed by atoms with Crippen LogP contribution in [0.15, 0.2) is 23.1 Å². The van der Waals surface area contributed by atoms with E-state index in [0.717, 1.165) is 19.4 Å². The molecule has 1 atom stereocenters. The monoisotopic (exact) mass is 408 g/mol. The fourth-order valence-electron chi connectivity index (χ4n) is 2.92. The quantitative estimate of drug-likeness (QED) is 0.617. The molecule has 1 aliphatic heterocycles. The molecule has 1 aromatic carbocycles. The number of hydrogen-bond acceptors (Lipinski definition) is 7. The molecule has 1 unspecified atom stereocenters. The number of nitrogens with one attached hydrogen (secondary N) is 2. The van der Waals surface area contributed by atoms with Crippen LogP contribution in [0.5, 0.6) is 5.75 Å². The van der Waals surface area contributed by atoms with Crippen molar-refractivity contribution < 1.29 is 27.4 Å². The lowest BCUT2D eigenvalue weighted by Gasteiger charge is -2.29. The molecule has 1 aliphatic rings. The summed E-state index contributed by atoms with van der Waals surface area (Å²) in [4.78, 5) is 11.6. The van der Waals surface area contributed by atoms with Crippen molar-refractivity contribution in [3.8, 4) is 5.75 Å². The molecular formula is C16H25ClN2O6S. The van der Waals surface area contributed by atoms with Crippen LogP contribution in [0, 0.1) is 0 Å². The molecule has 0 spiro atoms. The number of carbonyl (C=O) groups is 1. The molecule has 148 valence electrons. The first-order chi connectivity index (χ1) is 11.9. The smallest absolute Gasteiger partial charge is 0.337 e. The van der Waals surface area contributed by atoms with E-state index < -0.39 is 21.5 Å². The molecule has 2 rings (SSSR count). The van der Waals surface area contributed by atoms with E-state index in [-0.39, 0.29) is 35.2 Å². The Kier molecular flexibility index (Phi) is 8.29. The highest BCUT2D eigenvalue weighted by molar-refractivity contribution is 7.89. The van der Waals surface area contributed by atoms with Crippen LogP contribution in [0.3, 0.4) is 0 Å². The third-order valence-electron chi connectivity index (χ3n) is 4.23. The number of hydrogen-bond donors (Lipinski definition) is 2. The van der Waals surface area contributed by atoms with Crippen LogP contribution >= 0.6 is 12.4 Å². The van der Waals surface area contributed by atoms with Gasteiger partial charge >= 0.3 is 5.97 Å². The number of ether oxygens (including phenoxy) is 3. The molecule has 1 fully saturated rings. The molecular weight excluding hydrogens is 384 g/mol. The molecule has 0 amide bonds. The fourth-order valence-corrected chi connectivity index (χ4v) is 4.19. The van der Waals surface area contributed by atoms with E-state index in [1.54, 1.807) is 7.11 Å². The number of halogens is 1. The number of esters is 1. The van der Waals surface area contributed by atoms with E-state index in [0.29, 0.717) is 6.61 Å². The maximum absolute atomic E-state index is 12.7. The maximum atomic E-state index is 12.7. The van der Waals surface area contributed by atoms with Crippen LogP contribution in [0.1, 0.15) is 23.2 Å². The second-order valence-electron chi connectivity index (χ2n) is 5.93. The number of carbonyl (C=O) groups excluding carboxylic acids is 1. The molecule has 1 aromatic rings. The molecule has 0 radical (unpaired) electrons. The molecule has 8 nitrogen and oxygen atoms in total. The van der Waals surface area contributed by atoms with Gasteiger partial charge in [-0.15, -0.1) is 12.4 Å². The van der Waals surface area contributed by atoms with E-state index in [9.17, 15) is 13.2 Å². The Morgan fingerprint density at radius 1 is 1.31 bits per heavy atom. The van der Waals surface area contributed by atoms with Crippen molar-refractivity contribution in [3.63, 3.8) is 0 Å². The molecule has 10 heteroatoms. The zero-order valence-corrected chi connectivity index (χ0v) is 16.7. The number of sulfonamides is 1. The lowest BCUT2D eigenvalue weighted by Crippen LogP contribution is -2.52. The van der Waals surface area contributed by atoms with Crippen molar-refractivity contribution in [2.45, 2.75) is 23.3 Å². The fraction of sp³-hybridized carbons (Fsp3) is 0.562. The van der Waals surface area contributed by atoms with Crippen molar-refractivity contribution in [2.24, 2.45) is 0 Å². The van der Waals surface area contributed by atoms with Gasteiger partial charge in [-0.3, -0.25) is 0 Å². The van der Waals surface area contributed by atoms with Gasteiger partial charge in [-0.1, -0.05) is 0 Å². The summed E-state index contributed by atoms with van der Waals surface area (Å²) in [6.45, 7) is 1.43. The normalized spacial score (nSPS) is 19.7. The second kappa shape index (κ2) is 9.52. The summed E-state index contributed by atoms with van der Waals surface area (Å²) in [5.74, 6) is -0.486. The summed E-state index contributed by atoms with van der Waals surface area (Å²) >= 11 is 0. The first kappa shape index (κ1) is 22.7. The summed E-state index contributed by atoms with van der Waals surface area (Å²) in [5.41, 5.74) is -0.201. The molecule has 0 bridgehead atoms. The van der Waals surface area contributed by atoms with E-state index in [2.05, 4.69) is 14.8 Å². The van der Waals surface area contributed by atoms with Crippen LogP contribution < -0.4 is 14.8 Å². The highest BCUT2D eigenvalue weighted by Gasteiger charge is 2.35. The molecule has 0 saturated carbocycles. The van der Waals surface area contributed by atoms with Crippen LogP contribution in [0.25, 0.3) is 0 Å². The van der Waals surface area contributed by atoms with Crippen molar-refractivity contribution >= 4 is 28.4 Å². The molecule has 2 N–H and O–H groups in total. The Morgan fingerprint density at radius 3 is 2.58 bits per heavy atom. The third kappa shape index (κ3) is 5.08. The molecule has 1 heterocycles. The standard InChI is InChI=1S/C16H24N2O6S.ClH/c1-22-11-16(7-4-8-17-16)10-18-25(20,21)14-6-5-12(15(19)24-3)9-13(14)23-2;/h5-6,9,17-18H,4,7-8,10-11H2,1-3H3;1H. The summed E-state index contributed by atoms with van der Waals surface area (Å²) in [5, 5.41) is 3.31. The Hall–Kier alpha value is -1.39. The number of methoxy groups -OCH3 is 3. The van der Waals surface area contributed by atoms with Gasteiger partial charge < -0.3 is 19.5 Å². The number of benzene rings is 1. The lowest BCUT2D eigenvalue weighted by atomic mass is 9.99. The average molecular weight is 409 g/mol. The topological polar surface area (TPSA) is 103 Å². The SMILES string of the molecule is COCC1(CNS(=O)(=O)c2ccc(C(=O)OC)cc2OC)CCCN1.Cl. The van der Waals surface area contributed by atoms with E-state index >= 15 is 0 Å². The minimum atomic E-state index is -3.82. The predicted octanol–water partition coefficient (Wildman–Crippen LogP) is 0.950. The summed E-state index contributed by atoms with van der Waals surface area (Å²) in [6, 6.07) is 4.07. The zero-order valence-electron chi connectivity index (χ0n) is 15.0. The first-order valence-corrected chi connectivity index (χ1v) is 9.36. The van der Waals surface area contributed by atoms with E-state index in [1.165, 1.54) is 32.4 Å². The van der Waals surface area contributed by atoms with Crippen molar-refractivity contribution in [2.75, 3.05) is 41.0 Å². The maximum Gasteiger partial charge on any atom is 0.337 e.